The monoisotopic (exact) mass is 389 g/mol. The minimum atomic E-state index is -0.901. The molecule has 142 valence electrons. The van der Waals surface area contributed by atoms with Crippen molar-refractivity contribution in [2.24, 2.45) is 0 Å². The van der Waals surface area contributed by atoms with Gasteiger partial charge >= 0.3 is 5.97 Å². The molecule has 2 aromatic heterocycles. The van der Waals surface area contributed by atoms with Crippen LogP contribution in [0.15, 0.2) is 18.5 Å². The Kier molecular flexibility index (Phi) is 5.75. The number of carbonyl (C=O) groups is 3. The second kappa shape index (κ2) is 8.21. The number of aryl methyl sites for hydroxylation is 1. The summed E-state index contributed by atoms with van der Waals surface area (Å²) in [5.74, 6) is -0.795. The Bertz CT molecular complexity index is 854. The van der Waals surface area contributed by atoms with Crippen LogP contribution in [0.3, 0.4) is 0 Å². The Morgan fingerprint density at radius 2 is 2.11 bits per heavy atom. The van der Waals surface area contributed by atoms with Gasteiger partial charge in [0, 0.05) is 25.5 Å². The summed E-state index contributed by atoms with van der Waals surface area (Å²) in [4.78, 5) is 51.8. The van der Waals surface area contributed by atoms with Gasteiger partial charge in [-0.15, -0.1) is 11.3 Å². The third-order valence-corrected chi connectivity index (χ3v) is 5.24. The number of hydrogen-bond acceptors (Lipinski definition) is 8. The highest BCUT2D eigenvalue weighted by atomic mass is 32.1. The lowest BCUT2D eigenvalue weighted by Gasteiger charge is -2.34. The van der Waals surface area contributed by atoms with Crippen molar-refractivity contribution in [3.63, 3.8) is 0 Å². The lowest BCUT2D eigenvalue weighted by molar-refractivity contribution is -0.145. The smallest absolute Gasteiger partial charge is 0.308 e. The molecule has 1 N–H and O–H groups in total. The Labute approximate surface area is 159 Å². The number of methoxy groups -OCH3 is 1. The third-order valence-electron chi connectivity index (χ3n) is 4.16. The van der Waals surface area contributed by atoms with Crippen LogP contribution in [0, 0.1) is 0 Å². The topological polar surface area (TPSA) is 114 Å². The summed E-state index contributed by atoms with van der Waals surface area (Å²) in [6, 6.07) is 0.801. The molecule has 0 saturated carbocycles. The van der Waals surface area contributed by atoms with Crippen molar-refractivity contribution in [1.82, 2.24) is 25.2 Å². The molecule has 0 aliphatic carbocycles. The number of piperazine rings is 1. The Balaban J connectivity index is 1.92. The highest BCUT2D eigenvalue weighted by molar-refractivity contribution is 7.17. The van der Waals surface area contributed by atoms with E-state index in [0.29, 0.717) is 40.9 Å². The van der Waals surface area contributed by atoms with Crippen LogP contribution < -0.4 is 5.32 Å². The first-order valence-corrected chi connectivity index (χ1v) is 9.29. The number of nitrogens with zero attached hydrogens (tertiary/aromatic N) is 4. The predicted octanol–water partition coefficient (Wildman–Crippen LogP) is 0.666. The molecule has 2 amide bonds. The molecule has 1 aliphatic heterocycles. The number of hydrogen-bond donors (Lipinski definition) is 1. The molecule has 10 heteroatoms. The molecule has 0 spiro atoms. The van der Waals surface area contributed by atoms with Gasteiger partial charge in [-0.2, -0.15) is 0 Å². The summed E-state index contributed by atoms with van der Waals surface area (Å²) >= 11 is 1.19. The average Bonchev–Trinajstić information content (AvgIpc) is 3.14. The fraction of sp³-hybridized carbons (Fsp3) is 0.412. The Hall–Kier alpha value is -2.88. The van der Waals surface area contributed by atoms with Crippen molar-refractivity contribution >= 4 is 29.1 Å². The van der Waals surface area contributed by atoms with Gasteiger partial charge in [-0.25, -0.2) is 15.0 Å². The zero-order chi connectivity index (χ0) is 19.4. The van der Waals surface area contributed by atoms with Crippen LogP contribution in [0.5, 0.6) is 0 Å². The van der Waals surface area contributed by atoms with Gasteiger partial charge in [0.1, 0.15) is 10.9 Å². The van der Waals surface area contributed by atoms with Crippen molar-refractivity contribution in [3.05, 3.63) is 29.0 Å². The van der Waals surface area contributed by atoms with Crippen molar-refractivity contribution in [2.75, 3.05) is 20.2 Å². The maximum Gasteiger partial charge on any atom is 0.308 e. The standard InChI is InChI=1S/C17H19N5O4S/c1-3-10-13(27-16(21-10)14-18-5-4-6-19-14)17(25)22-8-7-20-15(24)11(22)9-12(23)26-2/h4-6,11H,3,7-9H2,1-2H3,(H,20,24). The van der Waals surface area contributed by atoms with Crippen molar-refractivity contribution in [3.8, 4) is 10.8 Å². The largest absolute Gasteiger partial charge is 0.469 e. The first-order chi connectivity index (χ1) is 13.0. The van der Waals surface area contributed by atoms with Crippen LogP contribution >= 0.6 is 11.3 Å². The molecule has 0 bridgehead atoms. The van der Waals surface area contributed by atoms with E-state index in [0.717, 1.165) is 0 Å². The maximum atomic E-state index is 13.2. The van der Waals surface area contributed by atoms with Gasteiger partial charge in [-0.05, 0) is 12.5 Å². The summed E-state index contributed by atoms with van der Waals surface area (Å²) in [7, 11) is 1.25. The Morgan fingerprint density at radius 1 is 1.37 bits per heavy atom. The summed E-state index contributed by atoms with van der Waals surface area (Å²) in [6.45, 7) is 2.54. The maximum absolute atomic E-state index is 13.2. The second-order valence-corrected chi connectivity index (χ2v) is 6.81. The van der Waals surface area contributed by atoms with E-state index in [1.54, 1.807) is 18.5 Å². The van der Waals surface area contributed by atoms with Crippen LogP contribution in [0.25, 0.3) is 10.8 Å². The minimum absolute atomic E-state index is 0.191. The van der Waals surface area contributed by atoms with Gasteiger partial charge in [0.15, 0.2) is 10.8 Å². The zero-order valence-corrected chi connectivity index (χ0v) is 15.8. The number of ether oxygens (including phenoxy) is 1. The van der Waals surface area contributed by atoms with Crippen molar-refractivity contribution in [1.29, 1.82) is 0 Å². The van der Waals surface area contributed by atoms with Gasteiger partial charge in [-0.3, -0.25) is 14.4 Å². The number of thiazole rings is 1. The van der Waals surface area contributed by atoms with E-state index in [1.165, 1.54) is 23.3 Å². The van der Waals surface area contributed by atoms with E-state index in [2.05, 4.69) is 25.0 Å². The molecule has 3 heterocycles. The van der Waals surface area contributed by atoms with Gasteiger partial charge in [0.2, 0.25) is 5.91 Å². The van der Waals surface area contributed by atoms with Gasteiger partial charge in [-0.1, -0.05) is 6.92 Å². The SMILES string of the molecule is CCc1nc(-c2ncccn2)sc1C(=O)N1CCNC(=O)C1CC(=O)OC. The third kappa shape index (κ3) is 3.95. The lowest BCUT2D eigenvalue weighted by Crippen LogP contribution is -2.57. The number of esters is 1. The number of amides is 2. The minimum Gasteiger partial charge on any atom is -0.469 e. The van der Waals surface area contributed by atoms with E-state index >= 15 is 0 Å². The number of rotatable bonds is 5. The fourth-order valence-corrected chi connectivity index (χ4v) is 3.85. The number of carbonyl (C=O) groups excluding carboxylic acids is 3. The molecule has 27 heavy (non-hydrogen) atoms. The molecule has 1 saturated heterocycles. The molecular weight excluding hydrogens is 370 g/mol. The van der Waals surface area contributed by atoms with Crippen molar-refractivity contribution < 1.29 is 19.1 Å². The number of aromatic nitrogens is 3. The molecular formula is C17H19N5O4S. The second-order valence-electron chi connectivity index (χ2n) is 5.81. The molecule has 3 rings (SSSR count). The van der Waals surface area contributed by atoms with Gasteiger partial charge in [0.25, 0.3) is 5.91 Å². The Morgan fingerprint density at radius 3 is 2.78 bits per heavy atom. The van der Waals surface area contributed by atoms with E-state index in [4.69, 9.17) is 0 Å². The van der Waals surface area contributed by atoms with Gasteiger partial charge in [0.05, 0.1) is 19.2 Å². The normalized spacial score (nSPS) is 16.7. The van der Waals surface area contributed by atoms with Crippen LogP contribution in [0.4, 0.5) is 0 Å². The lowest BCUT2D eigenvalue weighted by atomic mass is 10.1. The summed E-state index contributed by atoms with van der Waals surface area (Å²) in [5.41, 5.74) is 0.621. The molecule has 1 fully saturated rings. The molecule has 0 radical (unpaired) electrons. The van der Waals surface area contributed by atoms with Gasteiger partial charge < -0.3 is 15.0 Å². The summed E-state index contributed by atoms with van der Waals surface area (Å²) in [6.07, 6.45) is 3.57. The molecule has 1 atom stereocenters. The van der Waals surface area contributed by atoms with Crippen molar-refractivity contribution in [2.45, 2.75) is 25.8 Å². The fourth-order valence-electron chi connectivity index (χ4n) is 2.80. The quantitative estimate of drug-likeness (QED) is 0.747. The first kappa shape index (κ1) is 18.9. The van der Waals surface area contributed by atoms with Crippen LogP contribution in [-0.4, -0.2) is 63.9 Å². The zero-order valence-electron chi connectivity index (χ0n) is 15.0. The molecule has 0 aromatic carbocycles. The molecule has 9 nitrogen and oxygen atoms in total. The van der Waals surface area contributed by atoms with E-state index in [-0.39, 0.29) is 18.2 Å². The molecule has 1 aliphatic rings. The first-order valence-electron chi connectivity index (χ1n) is 8.47. The highest BCUT2D eigenvalue weighted by Crippen LogP contribution is 2.28. The predicted molar refractivity (Wildman–Crippen MR) is 97.0 cm³/mol. The van der Waals surface area contributed by atoms with Crippen LogP contribution in [-0.2, 0) is 20.7 Å². The van der Waals surface area contributed by atoms with E-state index < -0.39 is 12.0 Å². The molecule has 1 unspecified atom stereocenters. The van der Waals surface area contributed by atoms with Crippen LogP contribution in [0.1, 0.15) is 28.7 Å². The summed E-state index contributed by atoms with van der Waals surface area (Å²) < 4.78 is 4.66. The molecule has 2 aromatic rings. The van der Waals surface area contributed by atoms with Crippen LogP contribution in [0.2, 0.25) is 0 Å². The number of nitrogens with one attached hydrogen (secondary N) is 1. The highest BCUT2D eigenvalue weighted by Gasteiger charge is 2.37. The van der Waals surface area contributed by atoms with E-state index in [9.17, 15) is 14.4 Å². The van der Waals surface area contributed by atoms with E-state index in [1.807, 2.05) is 6.92 Å². The summed E-state index contributed by atoms with van der Waals surface area (Å²) in [5, 5.41) is 3.23. The average molecular weight is 389 g/mol.